The standard InChI is InChI=1S/C20H29NO5/c1-14-8-9-18(11-15(14)2)16(3)21-26-10-6-5-7-17-12-24-20(4,19(22)23)25-13-17/h8-9,11,17H,5-7,10,12-13H2,1-4H3,(H,22,23). The maximum absolute atomic E-state index is 11.0. The quantitative estimate of drug-likeness (QED) is 0.433. The number of nitrogens with zero attached hydrogens (tertiary/aromatic N) is 1. The average molecular weight is 363 g/mol. The number of carboxylic acid groups (broad SMARTS) is 1. The number of aliphatic carboxylic acids is 1. The second-order valence-electron chi connectivity index (χ2n) is 7.04. The van der Waals surface area contributed by atoms with Crippen molar-refractivity contribution < 1.29 is 24.2 Å². The highest BCUT2D eigenvalue weighted by Crippen LogP contribution is 2.24. The molecule has 1 aromatic carbocycles. The number of ether oxygens (including phenoxy) is 2. The molecule has 0 atom stereocenters. The zero-order valence-corrected chi connectivity index (χ0v) is 16.1. The molecular formula is C20H29NO5. The van der Waals surface area contributed by atoms with E-state index in [1.54, 1.807) is 0 Å². The first-order chi connectivity index (χ1) is 12.3. The van der Waals surface area contributed by atoms with Crippen molar-refractivity contribution in [3.05, 3.63) is 34.9 Å². The molecule has 1 aliphatic rings. The topological polar surface area (TPSA) is 77.4 Å². The van der Waals surface area contributed by atoms with E-state index in [-0.39, 0.29) is 5.92 Å². The van der Waals surface area contributed by atoms with Crippen molar-refractivity contribution in [1.29, 1.82) is 0 Å². The van der Waals surface area contributed by atoms with Crippen LogP contribution in [-0.4, -0.2) is 42.4 Å². The normalized spacial score (nSPS) is 23.7. The van der Waals surface area contributed by atoms with Crippen LogP contribution >= 0.6 is 0 Å². The van der Waals surface area contributed by atoms with E-state index in [1.165, 1.54) is 18.1 Å². The highest BCUT2D eigenvalue weighted by Gasteiger charge is 2.40. The second-order valence-corrected chi connectivity index (χ2v) is 7.04. The molecule has 0 aromatic heterocycles. The molecule has 1 fully saturated rings. The largest absolute Gasteiger partial charge is 0.477 e. The summed E-state index contributed by atoms with van der Waals surface area (Å²) in [6, 6.07) is 6.26. The van der Waals surface area contributed by atoms with Gasteiger partial charge >= 0.3 is 5.97 Å². The van der Waals surface area contributed by atoms with E-state index in [9.17, 15) is 4.79 Å². The second kappa shape index (κ2) is 9.14. The van der Waals surface area contributed by atoms with Gasteiger partial charge in [-0.25, -0.2) is 4.79 Å². The lowest BCUT2D eigenvalue weighted by atomic mass is 10.0. The van der Waals surface area contributed by atoms with Gasteiger partial charge in [-0.05, 0) is 62.8 Å². The van der Waals surface area contributed by atoms with Crippen molar-refractivity contribution in [3.63, 3.8) is 0 Å². The fourth-order valence-electron chi connectivity index (χ4n) is 2.69. The Kier molecular flexibility index (Phi) is 7.17. The Morgan fingerprint density at radius 1 is 1.27 bits per heavy atom. The number of rotatable bonds is 8. The summed E-state index contributed by atoms with van der Waals surface area (Å²) in [6.45, 7) is 8.94. The fraction of sp³-hybridized carbons (Fsp3) is 0.600. The SMILES string of the molecule is CC(=NOCCCCC1COC(C)(C(=O)O)OC1)c1ccc(C)c(C)c1. The van der Waals surface area contributed by atoms with Crippen LogP contribution in [0.15, 0.2) is 23.4 Å². The Morgan fingerprint density at radius 3 is 2.58 bits per heavy atom. The molecule has 1 aromatic rings. The van der Waals surface area contributed by atoms with E-state index in [0.717, 1.165) is 30.5 Å². The van der Waals surface area contributed by atoms with Gasteiger partial charge in [0.25, 0.3) is 5.79 Å². The molecule has 6 nitrogen and oxygen atoms in total. The van der Waals surface area contributed by atoms with Crippen LogP contribution in [0.1, 0.15) is 49.8 Å². The summed E-state index contributed by atoms with van der Waals surface area (Å²) in [6.07, 6.45) is 2.76. The van der Waals surface area contributed by atoms with Gasteiger partial charge in [0.15, 0.2) is 0 Å². The molecule has 1 aliphatic heterocycles. The van der Waals surface area contributed by atoms with Gasteiger partial charge in [0.05, 0.1) is 18.9 Å². The summed E-state index contributed by atoms with van der Waals surface area (Å²) in [4.78, 5) is 16.5. The highest BCUT2D eigenvalue weighted by atomic mass is 16.7. The van der Waals surface area contributed by atoms with E-state index < -0.39 is 11.8 Å². The third-order valence-electron chi connectivity index (χ3n) is 4.80. The number of carbonyl (C=O) groups is 1. The van der Waals surface area contributed by atoms with Crippen molar-refractivity contribution in [2.24, 2.45) is 11.1 Å². The third-order valence-corrected chi connectivity index (χ3v) is 4.80. The monoisotopic (exact) mass is 363 g/mol. The van der Waals surface area contributed by atoms with Crippen LogP contribution in [0, 0.1) is 19.8 Å². The zero-order valence-electron chi connectivity index (χ0n) is 16.1. The summed E-state index contributed by atoms with van der Waals surface area (Å²) in [5.41, 5.74) is 4.45. The summed E-state index contributed by atoms with van der Waals surface area (Å²) in [5, 5.41) is 13.2. The maximum Gasteiger partial charge on any atom is 0.364 e. The summed E-state index contributed by atoms with van der Waals surface area (Å²) in [5.74, 6) is -2.36. The van der Waals surface area contributed by atoms with Crippen LogP contribution < -0.4 is 0 Å². The molecule has 26 heavy (non-hydrogen) atoms. The van der Waals surface area contributed by atoms with Gasteiger partial charge in [-0.2, -0.15) is 0 Å². The molecular weight excluding hydrogens is 334 g/mol. The number of hydrogen-bond acceptors (Lipinski definition) is 5. The first-order valence-corrected chi connectivity index (χ1v) is 9.07. The highest BCUT2D eigenvalue weighted by molar-refractivity contribution is 5.98. The van der Waals surface area contributed by atoms with Crippen LogP contribution in [0.5, 0.6) is 0 Å². The van der Waals surface area contributed by atoms with Gasteiger partial charge in [0.1, 0.15) is 6.61 Å². The lowest BCUT2D eigenvalue weighted by molar-refractivity contribution is -0.271. The molecule has 2 rings (SSSR count). The summed E-state index contributed by atoms with van der Waals surface area (Å²) in [7, 11) is 0. The number of carboxylic acids is 1. The first kappa shape index (κ1) is 20.4. The van der Waals surface area contributed by atoms with Gasteiger partial charge in [-0.3, -0.25) is 0 Å². The molecule has 0 spiro atoms. The molecule has 1 N–H and O–H groups in total. The lowest BCUT2D eigenvalue weighted by Crippen LogP contribution is -2.47. The predicted octanol–water partition coefficient (Wildman–Crippen LogP) is 3.68. The van der Waals surface area contributed by atoms with Gasteiger partial charge in [-0.1, -0.05) is 17.3 Å². The van der Waals surface area contributed by atoms with E-state index in [0.29, 0.717) is 19.8 Å². The number of unbranched alkanes of at least 4 members (excludes halogenated alkanes) is 1. The Labute approximate surface area is 155 Å². The van der Waals surface area contributed by atoms with Crippen LogP contribution in [0.3, 0.4) is 0 Å². The molecule has 0 amide bonds. The van der Waals surface area contributed by atoms with Gasteiger partial charge in [-0.15, -0.1) is 0 Å². The molecule has 0 saturated carbocycles. The van der Waals surface area contributed by atoms with Crippen molar-refractivity contribution >= 4 is 11.7 Å². The van der Waals surface area contributed by atoms with Crippen molar-refractivity contribution in [2.75, 3.05) is 19.8 Å². The van der Waals surface area contributed by atoms with Crippen molar-refractivity contribution in [3.8, 4) is 0 Å². The summed E-state index contributed by atoms with van der Waals surface area (Å²) >= 11 is 0. The minimum atomic E-state index is -1.50. The Morgan fingerprint density at radius 2 is 1.96 bits per heavy atom. The summed E-state index contributed by atoms with van der Waals surface area (Å²) < 4.78 is 10.7. The van der Waals surface area contributed by atoms with Crippen molar-refractivity contribution in [1.82, 2.24) is 0 Å². The third kappa shape index (κ3) is 5.54. The number of benzene rings is 1. The van der Waals surface area contributed by atoms with Gasteiger partial charge in [0.2, 0.25) is 0 Å². The zero-order chi connectivity index (χ0) is 19.2. The van der Waals surface area contributed by atoms with E-state index in [1.807, 2.05) is 6.92 Å². The van der Waals surface area contributed by atoms with E-state index in [4.69, 9.17) is 19.4 Å². The minimum Gasteiger partial charge on any atom is -0.477 e. The molecule has 0 radical (unpaired) electrons. The fourth-order valence-corrected chi connectivity index (χ4v) is 2.69. The lowest BCUT2D eigenvalue weighted by Gasteiger charge is -2.34. The van der Waals surface area contributed by atoms with Crippen LogP contribution in [0.4, 0.5) is 0 Å². The minimum absolute atomic E-state index is 0.225. The molecule has 0 unspecified atom stereocenters. The maximum atomic E-state index is 11.0. The van der Waals surface area contributed by atoms with Crippen LogP contribution in [-0.2, 0) is 19.1 Å². The van der Waals surface area contributed by atoms with Crippen molar-refractivity contribution in [2.45, 2.75) is 52.7 Å². The molecule has 6 heteroatoms. The number of oxime groups is 1. The molecule has 1 heterocycles. The van der Waals surface area contributed by atoms with E-state index in [2.05, 4.69) is 37.2 Å². The van der Waals surface area contributed by atoms with E-state index >= 15 is 0 Å². The smallest absolute Gasteiger partial charge is 0.364 e. The number of aryl methyl sites for hydroxylation is 2. The van der Waals surface area contributed by atoms with Gasteiger partial charge in [0, 0.05) is 12.8 Å². The average Bonchev–Trinajstić information content (AvgIpc) is 2.61. The molecule has 1 saturated heterocycles. The van der Waals surface area contributed by atoms with Crippen LogP contribution in [0.2, 0.25) is 0 Å². The van der Waals surface area contributed by atoms with Gasteiger partial charge < -0.3 is 19.4 Å². The predicted molar refractivity (Wildman–Crippen MR) is 99.4 cm³/mol. The molecule has 0 aliphatic carbocycles. The Hall–Kier alpha value is -1.92. The molecule has 144 valence electrons. The Bertz CT molecular complexity index is 648. The Balaban J connectivity index is 1.63. The number of hydrogen-bond donors (Lipinski definition) is 1. The molecule has 0 bridgehead atoms. The first-order valence-electron chi connectivity index (χ1n) is 9.07. The van der Waals surface area contributed by atoms with Crippen LogP contribution in [0.25, 0.3) is 0 Å².